The van der Waals surface area contributed by atoms with Gasteiger partial charge in [0.1, 0.15) is 6.29 Å². The maximum Gasteiger partial charge on any atom is 0.239 e. The lowest BCUT2D eigenvalue weighted by Gasteiger charge is -1.56. The van der Waals surface area contributed by atoms with Gasteiger partial charge < -0.3 is 0 Å². The van der Waals surface area contributed by atoms with Crippen LogP contribution in [0.2, 0.25) is 0 Å². The lowest BCUT2D eigenvalue weighted by atomic mass is 10.7. The summed E-state index contributed by atoms with van der Waals surface area (Å²) in [6, 6.07) is 0. The number of nitrogens with zero attached hydrogens (tertiary/aromatic N) is 1. The van der Waals surface area contributed by atoms with E-state index in [0.717, 1.165) is 12.3 Å². The molecule has 3 nitrogen and oxygen atoms in total. The Bertz CT molecular complexity index is 122. The SMILES string of the molecule is O=C=N/C=C/C=O. The molecule has 0 N–H and O–H groups in total. The second kappa shape index (κ2) is 4.79. The molecule has 0 saturated heterocycles. The third-order valence-corrected chi connectivity index (χ3v) is 0.292. The number of carbonyl (C=O) groups excluding carboxylic acids is 2. The Morgan fingerprint density at radius 2 is 2.29 bits per heavy atom. The summed E-state index contributed by atoms with van der Waals surface area (Å²) in [6.45, 7) is 0. The summed E-state index contributed by atoms with van der Waals surface area (Å²) >= 11 is 0. The Hall–Kier alpha value is -1.21. The molecular weight excluding hydrogens is 94.0 g/mol. The van der Waals surface area contributed by atoms with Crippen LogP contribution in [0.1, 0.15) is 0 Å². The summed E-state index contributed by atoms with van der Waals surface area (Å²) in [5, 5.41) is 0. The molecule has 7 heavy (non-hydrogen) atoms. The Morgan fingerprint density at radius 1 is 1.57 bits per heavy atom. The van der Waals surface area contributed by atoms with Gasteiger partial charge in [-0.2, -0.15) is 4.99 Å². The van der Waals surface area contributed by atoms with Crippen molar-refractivity contribution in [3.8, 4) is 0 Å². The molecule has 0 atom stereocenters. The second-order valence-electron chi connectivity index (χ2n) is 0.698. The monoisotopic (exact) mass is 97.0 g/mol. The van der Waals surface area contributed by atoms with E-state index in [-0.39, 0.29) is 0 Å². The van der Waals surface area contributed by atoms with E-state index in [4.69, 9.17) is 0 Å². The van der Waals surface area contributed by atoms with Crippen molar-refractivity contribution in [2.75, 3.05) is 0 Å². The average Bonchev–Trinajstić information content (AvgIpc) is 1.69. The zero-order valence-corrected chi connectivity index (χ0v) is 3.50. The van der Waals surface area contributed by atoms with Crippen LogP contribution in [0.25, 0.3) is 0 Å². The van der Waals surface area contributed by atoms with E-state index in [0.29, 0.717) is 6.29 Å². The fraction of sp³-hybridized carbons (Fsp3) is 0. The first-order valence-electron chi connectivity index (χ1n) is 1.59. The number of hydrogen-bond acceptors (Lipinski definition) is 3. The summed E-state index contributed by atoms with van der Waals surface area (Å²) < 4.78 is 0. The Morgan fingerprint density at radius 3 is 2.71 bits per heavy atom. The highest BCUT2D eigenvalue weighted by Crippen LogP contribution is 1.63. The van der Waals surface area contributed by atoms with Gasteiger partial charge in [0.2, 0.25) is 6.08 Å². The summed E-state index contributed by atoms with van der Waals surface area (Å²) in [5.74, 6) is 0. The van der Waals surface area contributed by atoms with Gasteiger partial charge in [-0.15, -0.1) is 0 Å². The molecule has 0 amide bonds. The normalized spacial score (nSPS) is 8.00. The Balaban J connectivity index is 3.47. The molecule has 0 aliphatic rings. The molecule has 0 aromatic heterocycles. The van der Waals surface area contributed by atoms with Gasteiger partial charge in [0, 0.05) is 6.20 Å². The van der Waals surface area contributed by atoms with Crippen LogP contribution >= 0.6 is 0 Å². The summed E-state index contributed by atoms with van der Waals surface area (Å²) in [4.78, 5) is 21.6. The van der Waals surface area contributed by atoms with E-state index in [1.807, 2.05) is 0 Å². The van der Waals surface area contributed by atoms with Gasteiger partial charge in [-0.1, -0.05) is 0 Å². The molecule has 0 unspecified atom stereocenters. The second-order valence-corrected chi connectivity index (χ2v) is 0.698. The molecule has 0 fully saturated rings. The van der Waals surface area contributed by atoms with Crippen LogP contribution in [-0.4, -0.2) is 12.4 Å². The van der Waals surface area contributed by atoms with Crippen LogP contribution < -0.4 is 0 Å². The standard InChI is InChI=1S/C4H3NO2/c6-3-1-2-5-4-7/h1-3H/b2-1+. The lowest BCUT2D eigenvalue weighted by molar-refractivity contribution is -0.104. The number of aldehydes is 1. The van der Waals surface area contributed by atoms with Crippen LogP contribution in [0.3, 0.4) is 0 Å². The third-order valence-electron chi connectivity index (χ3n) is 0.292. The maximum absolute atomic E-state index is 9.40. The molecule has 0 aliphatic carbocycles. The molecular formula is C4H3NO2. The van der Waals surface area contributed by atoms with Crippen molar-refractivity contribution in [3.05, 3.63) is 12.3 Å². The van der Waals surface area contributed by atoms with Crippen LogP contribution in [0.5, 0.6) is 0 Å². The molecule has 0 aliphatic heterocycles. The van der Waals surface area contributed by atoms with Crippen LogP contribution in [0.4, 0.5) is 0 Å². The molecule has 0 aromatic rings. The quantitative estimate of drug-likeness (QED) is 0.211. The lowest BCUT2D eigenvalue weighted by Crippen LogP contribution is -1.54. The highest BCUT2D eigenvalue weighted by molar-refractivity contribution is 5.64. The molecule has 0 spiro atoms. The number of rotatable bonds is 2. The minimum atomic E-state index is 0.529. The van der Waals surface area contributed by atoms with Gasteiger partial charge in [0.25, 0.3) is 0 Å². The summed E-state index contributed by atoms with van der Waals surface area (Å²) in [5.41, 5.74) is 0. The predicted octanol–water partition coefficient (Wildman–Crippen LogP) is 0.0348. The van der Waals surface area contributed by atoms with E-state index in [2.05, 4.69) is 4.99 Å². The average molecular weight is 97.1 g/mol. The first-order valence-corrected chi connectivity index (χ1v) is 1.59. The zero-order chi connectivity index (χ0) is 5.54. The number of carbonyl (C=O) groups is 1. The highest BCUT2D eigenvalue weighted by atomic mass is 16.1. The minimum Gasteiger partial charge on any atom is -0.299 e. The van der Waals surface area contributed by atoms with Crippen molar-refractivity contribution in [3.63, 3.8) is 0 Å². The molecule has 0 heterocycles. The van der Waals surface area contributed by atoms with E-state index in [1.165, 1.54) is 6.08 Å². The molecule has 36 valence electrons. The van der Waals surface area contributed by atoms with Crippen molar-refractivity contribution in [2.45, 2.75) is 0 Å². The van der Waals surface area contributed by atoms with E-state index in [9.17, 15) is 9.59 Å². The van der Waals surface area contributed by atoms with E-state index in [1.54, 1.807) is 0 Å². The topological polar surface area (TPSA) is 46.5 Å². The number of isocyanates is 1. The number of hydrogen-bond donors (Lipinski definition) is 0. The van der Waals surface area contributed by atoms with Gasteiger partial charge in [0.05, 0.1) is 0 Å². The van der Waals surface area contributed by atoms with Gasteiger partial charge in [-0.3, -0.25) is 4.79 Å². The molecule has 0 radical (unpaired) electrons. The van der Waals surface area contributed by atoms with E-state index < -0.39 is 0 Å². The smallest absolute Gasteiger partial charge is 0.239 e. The van der Waals surface area contributed by atoms with Gasteiger partial charge in [-0.25, -0.2) is 4.79 Å². The Labute approximate surface area is 40.4 Å². The number of aliphatic imine (C=N–C) groups is 1. The first-order chi connectivity index (χ1) is 3.41. The molecule has 3 heteroatoms. The summed E-state index contributed by atoms with van der Waals surface area (Å²) in [7, 11) is 0. The predicted molar refractivity (Wildman–Crippen MR) is 23.3 cm³/mol. The largest absolute Gasteiger partial charge is 0.299 e. The van der Waals surface area contributed by atoms with Crippen molar-refractivity contribution in [1.29, 1.82) is 0 Å². The van der Waals surface area contributed by atoms with Crippen molar-refractivity contribution in [2.24, 2.45) is 4.99 Å². The molecule has 0 rings (SSSR count). The fourth-order valence-electron chi connectivity index (χ4n) is 0.109. The minimum absolute atomic E-state index is 0.529. The maximum atomic E-state index is 9.40. The van der Waals surface area contributed by atoms with Crippen LogP contribution in [0.15, 0.2) is 17.3 Å². The summed E-state index contributed by atoms with van der Waals surface area (Å²) in [6.07, 6.45) is 3.93. The number of allylic oxidation sites excluding steroid dienone is 1. The first kappa shape index (κ1) is 5.79. The zero-order valence-electron chi connectivity index (χ0n) is 3.50. The van der Waals surface area contributed by atoms with Crippen molar-refractivity contribution < 1.29 is 9.59 Å². The van der Waals surface area contributed by atoms with Gasteiger partial charge >= 0.3 is 0 Å². The third kappa shape index (κ3) is 4.79. The molecule has 0 aromatic carbocycles. The fourth-order valence-corrected chi connectivity index (χ4v) is 0.109. The van der Waals surface area contributed by atoms with Crippen molar-refractivity contribution in [1.82, 2.24) is 0 Å². The van der Waals surface area contributed by atoms with Gasteiger partial charge in [-0.05, 0) is 6.08 Å². The highest BCUT2D eigenvalue weighted by Gasteiger charge is 1.56. The van der Waals surface area contributed by atoms with Crippen LogP contribution in [0, 0.1) is 0 Å². The van der Waals surface area contributed by atoms with Crippen molar-refractivity contribution >= 4 is 12.4 Å². The van der Waals surface area contributed by atoms with Gasteiger partial charge in [0.15, 0.2) is 0 Å². The molecule has 0 bridgehead atoms. The molecule has 0 saturated carbocycles. The van der Waals surface area contributed by atoms with Crippen LogP contribution in [-0.2, 0) is 9.59 Å². The Kier molecular flexibility index (Phi) is 3.96. The van der Waals surface area contributed by atoms with E-state index >= 15 is 0 Å².